The summed E-state index contributed by atoms with van der Waals surface area (Å²) in [5.41, 5.74) is 23.3. The van der Waals surface area contributed by atoms with Crippen molar-refractivity contribution in [3.05, 3.63) is 242 Å². The van der Waals surface area contributed by atoms with E-state index in [0.717, 1.165) is 110 Å². The number of aliphatic hydroxyl groups excluding tert-OH is 2. The molecule has 0 unspecified atom stereocenters. The highest BCUT2D eigenvalue weighted by atomic mass is 32.2. The number of hydrogen-bond donors (Lipinski definition) is 4. The monoisotopic (exact) mass is 1830 g/mol. The zero-order valence-electron chi connectivity index (χ0n) is 71.9. The van der Waals surface area contributed by atoms with Gasteiger partial charge in [0, 0.05) is 98.0 Å². The maximum atomic E-state index is 9.47. The Labute approximate surface area is 729 Å². The summed E-state index contributed by atoms with van der Waals surface area (Å²) in [5.74, 6) is 4.15. The van der Waals surface area contributed by atoms with Gasteiger partial charge in [0.1, 0.15) is 28.4 Å². The highest BCUT2D eigenvalue weighted by molar-refractivity contribution is 7.86. The van der Waals surface area contributed by atoms with Crippen LogP contribution in [0.5, 0.6) is 0 Å². The Morgan fingerprint density at radius 3 is 0.872 bits per heavy atom. The minimum Gasteiger partial charge on any atom is -0.707 e. The predicted molar refractivity (Wildman–Crippen MR) is 458 cm³/mol. The van der Waals surface area contributed by atoms with Gasteiger partial charge in [-0.1, -0.05) is 12.1 Å². The zero-order valence-corrected chi connectivity index (χ0v) is 76.0. The number of benzene rings is 5. The molecule has 10 rings (SSSR count). The molecule has 0 aliphatic heterocycles. The number of hydrogen-bond acceptors (Lipinski definition) is 37. The lowest BCUT2D eigenvalue weighted by Crippen LogP contribution is -2.29. The lowest BCUT2D eigenvalue weighted by molar-refractivity contribution is -0.659. The van der Waals surface area contributed by atoms with Crippen LogP contribution in [-0.4, -0.2) is 137 Å². The third-order valence-electron chi connectivity index (χ3n) is 15.0. The summed E-state index contributed by atoms with van der Waals surface area (Å²) in [7, 11) is -4.82. The summed E-state index contributed by atoms with van der Waals surface area (Å²) in [5, 5.41) is 105. The van der Waals surface area contributed by atoms with Gasteiger partial charge in [-0.25, -0.2) is 64.9 Å². The van der Waals surface area contributed by atoms with Crippen molar-refractivity contribution in [1.82, 2.24) is 0 Å². The number of nitrogens with zero attached hydrogens (tertiary/aromatic N) is 18. The van der Waals surface area contributed by atoms with Crippen molar-refractivity contribution in [3.63, 3.8) is 0 Å². The maximum absolute atomic E-state index is 9.47. The second kappa shape index (κ2) is 58.3. The SMILES string of the molecule is CCN(CC)c1ccc(N=Nc2cccc[n+]2C)cc1.CS(=O)(=O)O[O-].CS(=O)(=O)O[O-].CS(=O)(=O)O[O-].CS(=O)(=O)O[O-].CS(=O)(=O)O[O-].C[n+]1ccccc1N=Nc1ccc(N)cc1.Cc1cc[n+](C)c(N=Nc2ccc(N(CCO)CCO)cc2)c1.Cc1ccc[n+](C)c1N=Nc1ccc(N(C)C)cc1.Cc1ccc[n+](C)c1N=Nc1ccc(N)cc1. The number of aliphatic hydroxyl groups is 2. The summed E-state index contributed by atoms with van der Waals surface area (Å²) in [6.45, 7) is 13.5. The molecule has 42 nitrogen and oxygen atoms in total. The van der Waals surface area contributed by atoms with E-state index >= 15 is 0 Å². The normalized spacial score (nSPS) is 11.1. The van der Waals surface area contributed by atoms with E-state index in [1.54, 1.807) is 12.1 Å². The minimum absolute atomic E-state index is 0.0469. The predicted octanol–water partition coefficient (Wildman–Crippen LogP) is 5.61. The molecule has 0 amide bonds. The Bertz CT molecular complexity index is 5390. The molecule has 0 spiro atoms. The van der Waals surface area contributed by atoms with Crippen molar-refractivity contribution in [2.24, 2.45) is 86.4 Å². The molecular formula is C78H106N20O22S5. The molecular weight excluding hydrogens is 1730 g/mol. The average molecular weight is 1840 g/mol. The molecule has 5 heterocycles. The van der Waals surface area contributed by atoms with Gasteiger partial charge in [0.15, 0.2) is 0 Å². The van der Waals surface area contributed by atoms with Gasteiger partial charge in [-0.05, 0) is 230 Å². The second-order valence-corrected chi connectivity index (χ2v) is 33.6. The van der Waals surface area contributed by atoms with Crippen LogP contribution in [0.15, 0.2) is 276 Å². The molecule has 0 fully saturated rings. The summed E-state index contributed by atoms with van der Waals surface area (Å²) < 4.78 is 118. The van der Waals surface area contributed by atoms with E-state index in [1.165, 1.54) is 5.69 Å². The molecule has 0 aliphatic carbocycles. The van der Waals surface area contributed by atoms with Crippen LogP contribution in [0.4, 0.5) is 86.0 Å². The van der Waals surface area contributed by atoms with E-state index < -0.39 is 50.6 Å². The smallest absolute Gasteiger partial charge is 0.353 e. The third-order valence-corrected chi connectivity index (χ3v) is 16.3. The van der Waals surface area contributed by atoms with Crippen LogP contribution in [0.1, 0.15) is 30.5 Å². The van der Waals surface area contributed by atoms with Crippen molar-refractivity contribution >= 4 is 137 Å². The number of rotatable bonds is 24. The number of nitrogens with two attached hydrogens (primary N) is 2. The maximum Gasteiger partial charge on any atom is 0.353 e. The fourth-order valence-corrected chi connectivity index (χ4v) is 8.87. The molecule has 680 valence electrons. The van der Waals surface area contributed by atoms with Crippen LogP contribution in [0.2, 0.25) is 0 Å². The van der Waals surface area contributed by atoms with Crippen molar-refractivity contribution in [2.75, 3.05) is 111 Å². The molecule has 5 aromatic heterocycles. The fourth-order valence-electron chi connectivity index (χ4n) is 8.87. The van der Waals surface area contributed by atoms with Crippen molar-refractivity contribution < 1.29 is 123 Å². The van der Waals surface area contributed by atoms with Gasteiger partial charge in [0.25, 0.3) is 50.6 Å². The minimum atomic E-state index is -3.72. The molecule has 0 radical (unpaired) electrons. The van der Waals surface area contributed by atoms with Crippen LogP contribution in [0, 0.1) is 20.8 Å². The fraction of sp³-hybridized carbons (Fsp3) is 0.295. The number of aryl methyl sites for hydroxylation is 8. The molecule has 0 saturated heterocycles. The molecule has 5 aromatic carbocycles. The van der Waals surface area contributed by atoms with Gasteiger partial charge in [-0.15, -0.1) is 0 Å². The quantitative estimate of drug-likeness (QED) is 0.0187. The first-order valence-electron chi connectivity index (χ1n) is 36.5. The van der Waals surface area contributed by atoms with E-state index in [9.17, 15) is 42.1 Å². The van der Waals surface area contributed by atoms with Gasteiger partial charge in [0.2, 0.25) is 0 Å². The zero-order chi connectivity index (χ0) is 94.5. The van der Waals surface area contributed by atoms with Gasteiger partial charge in [-0.2, -0.15) is 0 Å². The number of anilines is 5. The molecule has 47 heteroatoms. The van der Waals surface area contributed by atoms with Gasteiger partial charge in [-0.3, -0.25) is 0 Å². The third kappa shape index (κ3) is 51.1. The van der Waals surface area contributed by atoms with Gasteiger partial charge >= 0.3 is 29.1 Å². The average Bonchev–Trinajstić information content (AvgIpc) is 0.868. The largest absolute Gasteiger partial charge is 0.707 e. The topological polar surface area (TPSA) is 577 Å². The van der Waals surface area contributed by atoms with Crippen LogP contribution in [-0.2, 0) is 107 Å². The molecule has 0 saturated carbocycles. The molecule has 0 atom stereocenters. The van der Waals surface area contributed by atoms with E-state index in [2.05, 4.69) is 109 Å². The second-order valence-electron chi connectivity index (χ2n) is 25.9. The van der Waals surface area contributed by atoms with E-state index in [0.29, 0.717) is 44.4 Å². The molecule has 0 bridgehead atoms. The standard InChI is InChI=1S/C17H23N4O2.C16H21N4.C15H19N4.C13H14N4.C12H12N4.5CH4O4S/c1-14-7-8-20(2)17(13-14)19-18-15-3-5-16(6-4-15)21(9-11-22)10-12-23;1-4-20(5-2)15-11-9-14(10-12-15)17-18-16-8-6-7-13-19(16)3;1-12-6-5-11-19(4)15(12)17-16-13-7-9-14(10-8-13)18(2)3;1-10-4-3-9-17(2)13(10)16-15-12-7-5-11(14)6-8-12;1-16-9-3-2-4-12(16)15-14-11-7-5-10(13)6-8-11;5*1-6(3,4)5-2/h3-8,13,22-23H,9-12H2,1-2H3;6-13H,4-5H2,1-3H3;5-11H,1-4H3;3-9,14H,1-2H3;2-9,13H,1H3;5*2H,1H3/q3*+1;;;;;;;/p-3. The van der Waals surface area contributed by atoms with Crippen molar-refractivity contribution in [3.8, 4) is 0 Å². The number of azo groups is 5. The lowest BCUT2D eigenvalue weighted by atomic mass is 10.2. The van der Waals surface area contributed by atoms with Crippen LogP contribution in [0.3, 0.4) is 0 Å². The van der Waals surface area contributed by atoms with Crippen LogP contribution < -0.4 is 75.3 Å². The van der Waals surface area contributed by atoms with Gasteiger partial charge in [0.05, 0.1) is 136 Å². The first-order valence-corrected chi connectivity index (χ1v) is 45.6. The van der Waals surface area contributed by atoms with E-state index in [-0.39, 0.29) is 13.2 Å². The number of pyridine rings is 5. The van der Waals surface area contributed by atoms with Gasteiger partial charge < -0.3 is 84.3 Å². The Balaban J connectivity index is 0.000000723. The highest BCUT2D eigenvalue weighted by Gasteiger charge is 2.14. The molecule has 0 aliphatic rings. The molecule has 10 aromatic rings. The molecule has 125 heavy (non-hydrogen) atoms. The van der Waals surface area contributed by atoms with Crippen LogP contribution in [0.25, 0.3) is 0 Å². The first kappa shape index (κ1) is 111. The van der Waals surface area contributed by atoms with E-state index in [4.69, 9.17) is 48.0 Å². The number of nitrogen functional groups attached to an aromatic ring is 2. The first-order chi connectivity index (χ1) is 58.7. The lowest BCUT2D eigenvalue weighted by Gasteiger charge is -2.22. The Kier molecular flexibility index (Phi) is 51.8. The Hall–Kier alpha value is -11.9. The van der Waals surface area contributed by atoms with Crippen molar-refractivity contribution in [2.45, 2.75) is 34.6 Å². The summed E-state index contributed by atoms with van der Waals surface area (Å²) in [4.78, 5) is 6.28. The summed E-state index contributed by atoms with van der Waals surface area (Å²) in [6, 6.07) is 62.0. The number of aromatic nitrogens is 5. The Morgan fingerprint density at radius 2 is 0.600 bits per heavy atom. The van der Waals surface area contributed by atoms with Crippen molar-refractivity contribution in [1.29, 1.82) is 0 Å². The van der Waals surface area contributed by atoms with Crippen LogP contribution >= 0.6 is 0 Å². The van der Waals surface area contributed by atoms with E-state index in [1.807, 2.05) is 299 Å². The highest BCUT2D eigenvalue weighted by Crippen LogP contribution is 2.26. The Morgan fingerprint density at radius 1 is 0.336 bits per heavy atom. The molecule has 6 N–H and O–H groups in total. The summed E-state index contributed by atoms with van der Waals surface area (Å²) in [6.07, 6.45) is 13.2. The summed E-state index contributed by atoms with van der Waals surface area (Å²) >= 11 is 0.